The van der Waals surface area contributed by atoms with Gasteiger partial charge in [-0.2, -0.15) is 8.42 Å². The molecule has 11 heteroatoms. The van der Waals surface area contributed by atoms with Gasteiger partial charge in [0.25, 0.3) is 16.0 Å². The number of aliphatic hydroxyl groups is 1. The van der Waals surface area contributed by atoms with Gasteiger partial charge in [-0.1, -0.05) is 0 Å². The van der Waals surface area contributed by atoms with Crippen molar-refractivity contribution < 1.29 is 36.8 Å². The minimum absolute atomic E-state index is 0.0501. The number of nitrogens with zero attached hydrogens (tertiary/aromatic N) is 1. The molecule has 0 bridgehead atoms. The minimum Gasteiger partial charge on any atom is -0.482 e. The standard InChI is InChI=1S/C16H20N2O8S/c1-27(22,23)25-8-11(19)3-4-12-7-18(16(21)26-12)10-2-5-14-13(6-10)17-15(20)9-24-14/h2,5-6,11-12,19H,3-4,7-9H2,1H3,(H,17,20)/t11-,12?/m0/s1. The zero-order valence-electron chi connectivity index (χ0n) is 14.6. The highest BCUT2D eigenvalue weighted by Gasteiger charge is 2.33. The van der Waals surface area contributed by atoms with Gasteiger partial charge in [-0.25, -0.2) is 4.79 Å². The number of cyclic esters (lactones) is 1. The van der Waals surface area contributed by atoms with Crippen LogP contribution in [0.1, 0.15) is 12.8 Å². The predicted molar refractivity (Wildman–Crippen MR) is 94.2 cm³/mol. The molecule has 10 nitrogen and oxygen atoms in total. The molecule has 1 aromatic rings. The number of amides is 2. The number of aliphatic hydroxyl groups excluding tert-OH is 1. The molecule has 1 fully saturated rings. The Kier molecular flexibility index (Phi) is 5.53. The van der Waals surface area contributed by atoms with Crippen molar-refractivity contribution in [2.75, 3.05) is 36.2 Å². The molecule has 2 aliphatic heterocycles. The van der Waals surface area contributed by atoms with Crippen molar-refractivity contribution in [3.8, 4) is 5.75 Å². The monoisotopic (exact) mass is 400 g/mol. The van der Waals surface area contributed by atoms with Crippen LogP contribution in [-0.4, -0.2) is 63.7 Å². The van der Waals surface area contributed by atoms with Gasteiger partial charge in [-0.3, -0.25) is 13.9 Å². The van der Waals surface area contributed by atoms with Crippen LogP contribution in [0.3, 0.4) is 0 Å². The quantitative estimate of drug-likeness (QED) is 0.631. The summed E-state index contributed by atoms with van der Waals surface area (Å²) in [4.78, 5) is 25.0. The van der Waals surface area contributed by atoms with Crippen molar-refractivity contribution in [3.63, 3.8) is 0 Å². The molecule has 148 valence electrons. The Morgan fingerprint density at radius 2 is 2.19 bits per heavy atom. The molecule has 0 spiro atoms. The van der Waals surface area contributed by atoms with E-state index in [1.165, 1.54) is 4.90 Å². The van der Waals surface area contributed by atoms with Crippen molar-refractivity contribution in [2.24, 2.45) is 0 Å². The highest BCUT2D eigenvalue weighted by Crippen LogP contribution is 2.33. The molecule has 2 atom stereocenters. The van der Waals surface area contributed by atoms with Crippen LogP contribution in [0.2, 0.25) is 0 Å². The summed E-state index contributed by atoms with van der Waals surface area (Å²) in [5.41, 5.74) is 1.03. The first-order valence-corrected chi connectivity index (χ1v) is 10.1. The second-order valence-corrected chi connectivity index (χ2v) is 8.00. The maximum atomic E-state index is 12.1. The van der Waals surface area contributed by atoms with Gasteiger partial charge in [0.05, 0.1) is 31.2 Å². The molecule has 0 aromatic heterocycles. The summed E-state index contributed by atoms with van der Waals surface area (Å²) in [7, 11) is -3.62. The Bertz CT molecular complexity index is 841. The maximum Gasteiger partial charge on any atom is 0.414 e. The molecule has 3 rings (SSSR count). The number of nitrogens with one attached hydrogen (secondary N) is 1. The number of fused-ring (bicyclic) bond motifs is 1. The third kappa shape index (κ3) is 5.08. The van der Waals surface area contributed by atoms with Crippen LogP contribution in [0.5, 0.6) is 5.75 Å². The van der Waals surface area contributed by atoms with Crippen molar-refractivity contribution in [1.82, 2.24) is 0 Å². The summed E-state index contributed by atoms with van der Waals surface area (Å²) in [6.45, 7) is -0.120. The van der Waals surface area contributed by atoms with Gasteiger partial charge >= 0.3 is 6.09 Å². The molecule has 1 aromatic carbocycles. The highest BCUT2D eigenvalue weighted by molar-refractivity contribution is 7.85. The molecule has 0 saturated carbocycles. The van der Waals surface area contributed by atoms with E-state index in [0.29, 0.717) is 23.5 Å². The average molecular weight is 400 g/mol. The van der Waals surface area contributed by atoms with E-state index in [9.17, 15) is 23.1 Å². The van der Waals surface area contributed by atoms with E-state index in [4.69, 9.17) is 9.47 Å². The van der Waals surface area contributed by atoms with Crippen LogP contribution in [0.25, 0.3) is 0 Å². The van der Waals surface area contributed by atoms with E-state index < -0.39 is 28.4 Å². The highest BCUT2D eigenvalue weighted by atomic mass is 32.2. The normalized spacial score (nSPS) is 20.5. The first-order valence-electron chi connectivity index (χ1n) is 8.28. The lowest BCUT2D eigenvalue weighted by Crippen LogP contribution is -2.27. The molecule has 27 heavy (non-hydrogen) atoms. The number of rotatable bonds is 7. The summed E-state index contributed by atoms with van der Waals surface area (Å²) in [5, 5.41) is 12.5. The first kappa shape index (κ1) is 19.4. The number of carbonyl (C=O) groups is 2. The van der Waals surface area contributed by atoms with Crippen molar-refractivity contribution >= 4 is 33.5 Å². The largest absolute Gasteiger partial charge is 0.482 e. The molecule has 2 aliphatic rings. The fourth-order valence-corrected chi connectivity index (χ4v) is 3.19. The fraction of sp³-hybridized carbons (Fsp3) is 0.500. The van der Waals surface area contributed by atoms with Crippen LogP contribution < -0.4 is 15.0 Å². The number of ether oxygens (including phenoxy) is 2. The summed E-state index contributed by atoms with van der Waals surface area (Å²) in [5.74, 6) is 0.253. The number of anilines is 2. The second kappa shape index (κ2) is 7.71. The zero-order chi connectivity index (χ0) is 19.6. The van der Waals surface area contributed by atoms with E-state index in [1.807, 2.05) is 0 Å². The summed E-state index contributed by atoms with van der Waals surface area (Å²) in [6, 6.07) is 4.98. The van der Waals surface area contributed by atoms with E-state index >= 15 is 0 Å². The van der Waals surface area contributed by atoms with E-state index in [0.717, 1.165) is 6.26 Å². The van der Waals surface area contributed by atoms with E-state index in [-0.39, 0.29) is 32.1 Å². The van der Waals surface area contributed by atoms with Crippen LogP contribution in [0.4, 0.5) is 16.2 Å². The number of hydrogen-bond acceptors (Lipinski definition) is 8. The van der Waals surface area contributed by atoms with E-state index in [1.54, 1.807) is 18.2 Å². The Hall–Kier alpha value is -2.37. The molecule has 2 amide bonds. The van der Waals surface area contributed by atoms with Gasteiger partial charge in [-0.15, -0.1) is 0 Å². The van der Waals surface area contributed by atoms with Gasteiger partial charge in [-0.05, 0) is 31.0 Å². The second-order valence-electron chi connectivity index (χ2n) is 6.35. The Labute approximate surface area is 156 Å². The Balaban J connectivity index is 1.56. The summed E-state index contributed by atoms with van der Waals surface area (Å²) < 4.78 is 36.9. The van der Waals surface area contributed by atoms with Gasteiger partial charge in [0, 0.05) is 5.69 Å². The number of benzene rings is 1. The molecular formula is C16H20N2O8S. The van der Waals surface area contributed by atoms with E-state index in [2.05, 4.69) is 9.50 Å². The molecule has 2 N–H and O–H groups in total. The van der Waals surface area contributed by atoms with Gasteiger partial charge in [0.2, 0.25) is 0 Å². The summed E-state index contributed by atoms with van der Waals surface area (Å²) in [6.07, 6.45) is -0.500. The van der Waals surface area contributed by atoms with Gasteiger partial charge in [0.15, 0.2) is 6.61 Å². The molecule has 0 aliphatic carbocycles. The Morgan fingerprint density at radius 3 is 2.93 bits per heavy atom. The maximum absolute atomic E-state index is 12.1. The van der Waals surface area contributed by atoms with Crippen LogP contribution in [0.15, 0.2) is 18.2 Å². The molecule has 1 unspecified atom stereocenters. The first-order chi connectivity index (χ1) is 12.7. The number of hydrogen-bond donors (Lipinski definition) is 2. The minimum atomic E-state index is -3.62. The SMILES string of the molecule is CS(=O)(=O)OC[C@@H](O)CCC1CN(c2ccc3c(c2)NC(=O)CO3)C(=O)O1. The molecule has 2 heterocycles. The smallest absolute Gasteiger partial charge is 0.414 e. The topological polar surface area (TPSA) is 131 Å². The summed E-state index contributed by atoms with van der Waals surface area (Å²) >= 11 is 0. The zero-order valence-corrected chi connectivity index (χ0v) is 15.4. The van der Waals surface area contributed by atoms with Crippen LogP contribution in [0, 0.1) is 0 Å². The molecular weight excluding hydrogens is 380 g/mol. The lowest BCUT2D eigenvalue weighted by Gasteiger charge is -2.20. The predicted octanol–water partition coefficient (Wildman–Crippen LogP) is 0.460. The Morgan fingerprint density at radius 1 is 1.41 bits per heavy atom. The molecule has 1 saturated heterocycles. The lowest BCUT2D eigenvalue weighted by atomic mass is 10.1. The van der Waals surface area contributed by atoms with Crippen LogP contribution >= 0.6 is 0 Å². The van der Waals surface area contributed by atoms with Crippen LogP contribution in [-0.2, 0) is 23.8 Å². The van der Waals surface area contributed by atoms with Crippen molar-refractivity contribution in [1.29, 1.82) is 0 Å². The molecule has 0 radical (unpaired) electrons. The third-order valence-electron chi connectivity index (χ3n) is 4.08. The van der Waals surface area contributed by atoms with Crippen molar-refractivity contribution in [3.05, 3.63) is 18.2 Å². The number of carbonyl (C=O) groups excluding carboxylic acids is 2. The average Bonchev–Trinajstić information content (AvgIpc) is 2.97. The third-order valence-corrected chi connectivity index (χ3v) is 4.64. The van der Waals surface area contributed by atoms with Gasteiger partial charge in [0.1, 0.15) is 11.9 Å². The van der Waals surface area contributed by atoms with Gasteiger partial charge < -0.3 is 19.9 Å². The lowest BCUT2D eigenvalue weighted by molar-refractivity contribution is -0.118. The van der Waals surface area contributed by atoms with Crippen molar-refractivity contribution in [2.45, 2.75) is 25.0 Å². The fourth-order valence-electron chi connectivity index (χ4n) is 2.79.